The summed E-state index contributed by atoms with van der Waals surface area (Å²) in [7, 11) is 0. The number of carbonyl (C=O) groups excluding carboxylic acids is 2. The molecule has 2 aromatic heterocycles. The van der Waals surface area contributed by atoms with E-state index in [0.29, 0.717) is 22.1 Å². The fourth-order valence-corrected chi connectivity index (χ4v) is 3.10. The summed E-state index contributed by atoms with van der Waals surface area (Å²) in [6, 6.07) is 19.2. The van der Waals surface area contributed by atoms with Crippen LogP contribution in [-0.4, -0.2) is 16.7 Å². The Labute approximate surface area is 182 Å². The number of benzene rings is 2. The van der Waals surface area contributed by atoms with Gasteiger partial charge in [0, 0.05) is 16.0 Å². The number of halogens is 1. The first kappa shape index (κ1) is 20.4. The van der Waals surface area contributed by atoms with Crippen LogP contribution in [0.15, 0.2) is 77.2 Å². The van der Waals surface area contributed by atoms with Crippen LogP contribution in [0.2, 0.25) is 5.02 Å². The number of furan rings is 1. The number of pyridine rings is 1. The van der Waals surface area contributed by atoms with Gasteiger partial charge in [-0.25, -0.2) is 4.98 Å². The average molecular weight is 433 g/mol. The van der Waals surface area contributed by atoms with Crippen molar-refractivity contribution in [3.05, 3.63) is 101 Å². The second kappa shape index (κ2) is 8.85. The van der Waals surface area contributed by atoms with Gasteiger partial charge in [0.2, 0.25) is 0 Å². The third-order valence-electron chi connectivity index (χ3n) is 4.49. The molecule has 0 atom stereocenters. The summed E-state index contributed by atoms with van der Waals surface area (Å²) in [5, 5.41) is 1.62. The zero-order valence-corrected chi connectivity index (χ0v) is 17.0. The molecule has 0 spiro atoms. The smallest absolute Gasteiger partial charge is 0.284 e. The van der Waals surface area contributed by atoms with Gasteiger partial charge in [-0.2, -0.15) is 0 Å². The molecule has 0 fully saturated rings. The Morgan fingerprint density at radius 2 is 1.90 bits per heavy atom. The molecule has 0 unspecified atom stereocenters. The van der Waals surface area contributed by atoms with E-state index in [4.69, 9.17) is 26.5 Å². The molecule has 0 radical (unpaired) electrons. The van der Waals surface area contributed by atoms with Gasteiger partial charge in [0.1, 0.15) is 18.1 Å². The molecule has 4 rings (SSSR count). The highest BCUT2D eigenvalue weighted by Crippen LogP contribution is 2.20. The molecule has 0 bridgehead atoms. The predicted octanol–water partition coefficient (Wildman–Crippen LogP) is 5.06. The fourth-order valence-electron chi connectivity index (χ4n) is 2.94. The van der Waals surface area contributed by atoms with Gasteiger partial charge >= 0.3 is 0 Å². The van der Waals surface area contributed by atoms with E-state index >= 15 is 0 Å². The highest BCUT2D eigenvalue weighted by molar-refractivity contribution is 6.31. The standard InChI is InChI=1S/C24H17ClN2O4/c25-17-6-4-15-5-7-18(27-21(15)13-17)14-30-20-3-1-2-16(12-20)22(28)10-8-19-9-11-23(31-19)24(26)29/h1-13H,14H2,(H2,26,29). The Hall–Kier alpha value is -3.90. The maximum absolute atomic E-state index is 12.5. The molecule has 0 aliphatic heterocycles. The summed E-state index contributed by atoms with van der Waals surface area (Å²) in [6.07, 6.45) is 2.84. The maximum atomic E-state index is 12.5. The monoisotopic (exact) mass is 432 g/mol. The quantitative estimate of drug-likeness (QED) is 0.325. The molecule has 2 aromatic carbocycles. The molecular weight excluding hydrogens is 416 g/mol. The second-order valence-electron chi connectivity index (χ2n) is 6.72. The molecule has 0 aliphatic rings. The number of primary amides is 1. The van der Waals surface area contributed by atoms with Gasteiger partial charge < -0.3 is 14.9 Å². The highest BCUT2D eigenvalue weighted by Gasteiger charge is 2.08. The third-order valence-corrected chi connectivity index (χ3v) is 4.72. The van der Waals surface area contributed by atoms with Gasteiger partial charge in [-0.1, -0.05) is 35.9 Å². The summed E-state index contributed by atoms with van der Waals surface area (Å²) >= 11 is 6.04. The summed E-state index contributed by atoms with van der Waals surface area (Å²) in [5.41, 5.74) is 7.14. The lowest BCUT2D eigenvalue weighted by Crippen LogP contribution is -2.09. The van der Waals surface area contributed by atoms with Gasteiger partial charge in [0.15, 0.2) is 11.5 Å². The van der Waals surface area contributed by atoms with E-state index in [1.54, 1.807) is 36.4 Å². The number of nitrogens with two attached hydrogens (primary N) is 1. The number of ether oxygens (including phenoxy) is 1. The zero-order valence-electron chi connectivity index (χ0n) is 16.2. The number of hydrogen-bond acceptors (Lipinski definition) is 5. The normalized spacial score (nSPS) is 11.1. The molecule has 2 heterocycles. The molecule has 154 valence electrons. The average Bonchev–Trinajstić information content (AvgIpc) is 3.25. The summed E-state index contributed by atoms with van der Waals surface area (Å²) in [5.74, 6) is 0.0335. The summed E-state index contributed by atoms with van der Waals surface area (Å²) in [4.78, 5) is 28.1. The Bertz CT molecular complexity index is 1310. The predicted molar refractivity (Wildman–Crippen MR) is 118 cm³/mol. The van der Waals surface area contributed by atoms with Crippen molar-refractivity contribution in [2.24, 2.45) is 5.73 Å². The summed E-state index contributed by atoms with van der Waals surface area (Å²) in [6.45, 7) is 0.248. The fraction of sp³-hybridized carbons (Fsp3) is 0.0417. The number of ketones is 1. The van der Waals surface area contributed by atoms with Crippen LogP contribution in [0.25, 0.3) is 17.0 Å². The van der Waals surface area contributed by atoms with Gasteiger partial charge in [-0.15, -0.1) is 0 Å². The van der Waals surface area contributed by atoms with Crippen LogP contribution in [-0.2, 0) is 6.61 Å². The molecule has 31 heavy (non-hydrogen) atoms. The van der Waals surface area contributed by atoms with Crippen LogP contribution in [0.1, 0.15) is 32.4 Å². The number of allylic oxidation sites excluding steroid dienone is 1. The molecule has 2 N–H and O–H groups in total. The van der Waals surface area contributed by atoms with Crippen molar-refractivity contribution < 1.29 is 18.7 Å². The summed E-state index contributed by atoms with van der Waals surface area (Å²) < 4.78 is 11.0. The number of aromatic nitrogens is 1. The highest BCUT2D eigenvalue weighted by atomic mass is 35.5. The van der Waals surface area contributed by atoms with Crippen molar-refractivity contribution in [2.75, 3.05) is 0 Å². The van der Waals surface area contributed by atoms with Crippen LogP contribution >= 0.6 is 11.6 Å². The molecule has 0 aliphatic carbocycles. The van der Waals surface area contributed by atoms with Crippen molar-refractivity contribution in [2.45, 2.75) is 6.61 Å². The first-order valence-electron chi connectivity index (χ1n) is 9.38. The molecule has 4 aromatic rings. The number of amides is 1. The molecule has 1 amide bonds. The van der Waals surface area contributed by atoms with Crippen LogP contribution in [0, 0.1) is 0 Å². The zero-order chi connectivity index (χ0) is 21.8. The van der Waals surface area contributed by atoms with Crippen molar-refractivity contribution >= 4 is 40.3 Å². The van der Waals surface area contributed by atoms with Gasteiger partial charge in [-0.05, 0) is 54.6 Å². The largest absolute Gasteiger partial charge is 0.487 e. The Morgan fingerprint density at radius 3 is 2.71 bits per heavy atom. The van der Waals surface area contributed by atoms with E-state index < -0.39 is 5.91 Å². The molecule has 0 saturated heterocycles. The van der Waals surface area contributed by atoms with Crippen LogP contribution in [0.4, 0.5) is 0 Å². The number of hydrogen-bond donors (Lipinski definition) is 1. The molecule has 6 nitrogen and oxygen atoms in total. The lowest BCUT2D eigenvalue weighted by atomic mass is 10.1. The first-order chi connectivity index (χ1) is 15.0. The van der Waals surface area contributed by atoms with E-state index in [2.05, 4.69) is 4.98 Å². The SMILES string of the molecule is NC(=O)c1ccc(C=CC(=O)c2cccc(OCc3ccc4ccc(Cl)cc4n3)c2)o1. The van der Waals surface area contributed by atoms with Gasteiger partial charge in [0.05, 0.1) is 11.2 Å². The van der Waals surface area contributed by atoms with Gasteiger partial charge in [-0.3, -0.25) is 9.59 Å². The molecule has 0 saturated carbocycles. The lowest BCUT2D eigenvalue weighted by Gasteiger charge is -2.08. The van der Waals surface area contributed by atoms with Crippen LogP contribution in [0.3, 0.4) is 0 Å². The van der Waals surface area contributed by atoms with Crippen molar-refractivity contribution in [3.63, 3.8) is 0 Å². The topological polar surface area (TPSA) is 95.4 Å². The van der Waals surface area contributed by atoms with E-state index in [9.17, 15) is 9.59 Å². The van der Waals surface area contributed by atoms with E-state index in [-0.39, 0.29) is 18.2 Å². The lowest BCUT2D eigenvalue weighted by molar-refractivity contribution is 0.0973. The van der Waals surface area contributed by atoms with Crippen molar-refractivity contribution in [1.29, 1.82) is 0 Å². The Kier molecular flexibility index (Phi) is 5.82. The van der Waals surface area contributed by atoms with E-state index in [0.717, 1.165) is 16.6 Å². The number of carbonyl (C=O) groups is 2. The molecular formula is C24H17ClN2O4. The Balaban J connectivity index is 1.43. The van der Waals surface area contributed by atoms with Gasteiger partial charge in [0.25, 0.3) is 5.91 Å². The van der Waals surface area contributed by atoms with E-state index in [1.807, 2.05) is 24.3 Å². The number of fused-ring (bicyclic) bond motifs is 1. The van der Waals surface area contributed by atoms with E-state index in [1.165, 1.54) is 18.2 Å². The number of nitrogens with zero attached hydrogens (tertiary/aromatic N) is 1. The first-order valence-corrected chi connectivity index (χ1v) is 9.76. The van der Waals surface area contributed by atoms with Crippen molar-refractivity contribution in [3.8, 4) is 5.75 Å². The molecule has 7 heteroatoms. The van der Waals surface area contributed by atoms with Crippen LogP contribution < -0.4 is 10.5 Å². The third kappa shape index (κ3) is 4.99. The van der Waals surface area contributed by atoms with Crippen LogP contribution in [0.5, 0.6) is 5.75 Å². The number of rotatable bonds is 7. The minimum absolute atomic E-state index is 0.0343. The maximum Gasteiger partial charge on any atom is 0.284 e. The van der Waals surface area contributed by atoms with Crippen molar-refractivity contribution in [1.82, 2.24) is 4.98 Å². The minimum Gasteiger partial charge on any atom is -0.487 e. The Morgan fingerprint density at radius 1 is 1.06 bits per heavy atom. The minimum atomic E-state index is -0.667. The second-order valence-corrected chi connectivity index (χ2v) is 7.16.